The first kappa shape index (κ1) is 26.9. The molecule has 3 amide bonds. The number of ether oxygens (including phenoxy) is 1. The van der Waals surface area contributed by atoms with Crippen LogP contribution in [0.1, 0.15) is 54.0 Å². The van der Waals surface area contributed by atoms with Gasteiger partial charge in [-0.15, -0.1) is 0 Å². The van der Waals surface area contributed by atoms with E-state index in [0.29, 0.717) is 11.3 Å². The zero-order valence-corrected chi connectivity index (χ0v) is 20.9. The van der Waals surface area contributed by atoms with Gasteiger partial charge in [-0.3, -0.25) is 35.3 Å². The van der Waals surface area contributed by atoms with Crippen molar-refractivity contribution in [3.8, 4) is 5.75 Å². The molecule has 3 aromatic carbocycles. The number of rotatable bonds is 7. The Balaban J connectivity index is 1.49. The minimum absolute atomic E-state index is 0.0108. The van der Waals surface area contributed by atoms with Gasteiger partial charge in [0.25, 0.3) is 23.4 Å². The molecule has 192 valence electrons. The Bertz CT molecular complexity index is 1280. The van der Waals surface area contributed by atoms with Crippen molar-refractivity contribution in [2.24, 2.45) is 0 Å². The van der Waals surface area contributed by atoms with Crippen LogP contribution in [0, 0.1) is 10.1 Å². The van der Waals surface area contributed by atoms with Crippen LogP contribution in [0.2, 0.25) is 0 Å². The minimum Gasteiger partial charge on any atom is -0.481 e. The lowest BCUT2D eigenvalue weighted by atomic mass is 9.87. The summed E-state index contributed by atoms with van der Waals surface area (Å²) >= 11 is 0. The molecule has 0 aliphatic heterocycles. The molecule has 10 nitrogen and oxygen atoms in total. The van der Waals surface area contributed by atoms with Crippen LogP contribution in [0.3, 0.4) is 0 Å². The molecule has 0 bridgehead atoms. The zero-order chi connectivity index (χ0) is 27.2. The van der Waals surface area contributed by atoms with Gasteiger partial charge in [0.05, 0.1) is 4.92 Å². The van der Waals surface area contributed by atoms with E-state index in [1.54, 1.807) is 24.3 Å². The fourth-order valence-corrected chi connectivity index (χ4v) is 3.23. The fraction of sp³-hybridized carbons (Fsp3) is 0.222. The summed E-state index contributed by atoms with van der Waals surface area (Å²) in [5, 5.41) is 13.5. The number of nitrogens with zero attached hydrogens (tertiary/aromatic N) is 1. The number of non-ortho nitro benzene ring substituents is 1. The van der Waals surface area contributed by atoms with Crippen molar-refractivity contribution in [2.45, 2.75) is 39.2 Å². The first-order valence-electron chi connectivity index (χ1n) is 11.5. The van der Waals surface area contributed by atoms with E-state index >= 15 is 0 Å². The van der Waals surface area contributed by atoms with E-state index in [0.717, 1.165) is 5.56 Å². The number of hydrogen-bond acceptors (Lipinski definition) is 6. The smallest absolute Gasteiger partial charge is 0.279 e. The summed E-state index contributed by atoms with van der Waals surface area (Å²) in [6.45, 7) is 7.77. The van der Waals surface area contributed by atoms with Crippen molar-refractivity contribution in [1.29, 1.82) is 0 Å². The lowest BCUT2D eigenvalue weighted by molar-refractivity contribution is -0.384. The second-order valence-electron chi connectivity index (χ2n) is 9.31. The van der Waals surface area contributed by atoms with Crippen LogP contribution in [0.4, 0.5) is 11.4 Å². The summed E-state index contributed by atoms with van der Waals surface area (Å²) in [7, 11) is 0. The molecule has 3 N–H and O–H groups in total. The predicted octanol–water partition coefficient (Wildman–Crippen LogP) is 4.37. The average Bonchev–Trinajstić information content (AvgIpc) is 2.87. The normalized spacial score (nSPS) is 11.7. The number of nitro benzene ring substituents is 1. The van der Waals surface area contributed by atoms with E-state index in [-0.39, 0.29) is 28.3 Å². The van der Waals surface area contributed by atoms with E-state index in [4.69, 9.17) is 4.74 Å². The molecular weight excluding hydrogens is 476 g/mol. The van der Waals surface area contributed by atoms with Gasteiger partial charge in [-0.1, -0.05) is 32.9 Å². The van der Waals surface area contributed by atoms with Crippen LogP contribution in [0.25, 0.3) is 0 Å². The lowest BCUT2D eigenvalue weighted by Gasteiger charge is -2.19. The predicted molar refractivity (Wildman–Crippen MR) is 138 cm³/mol. The van der Waals surface area contributed by atoms with Crippen molar-refractivity contribution in [3.63, 3.8) is 0 Å². The van der Waals surface area contributed by atoms with E-state index in [1.165, 1.54) is 43.3 Å². The molecule has 3 aromatic rings. The first-order chi connectivity index (χ1) is 17.4. The second-order valence-corrected chi connectivity index (χ2v) is 9.31. The summed E-state index contributed by atoms with van der Waals surface area (Å²) in [6, 6.07) is 18.9. The molecule has 1 unspecified atom stereocenters. The Morgan fingerprint density at radius 3 is 1.89 bits per heavy atom. The maximum Gasteiger partial charge on any atom is 0.279 e. The Morgan fingerprint density at radius 1 is 0.811 bits per heavy atom. The van der Waals surface area contributed by atoms with Gasteiger partial charge in [-0.25, -0.2) is 0 Å². The van der Waals surface area contributed by atoms with Crippen molar-refractivity contribution in [2.75, 3.05) is 5.32 Å². The highest BCUT2D eigenvalue weighted by Gasteiger charge is 2.17. The lowest BCUT2D eigenvalue weighted by Crippen LogP contribution is -2.47. The Hall–Kier alpha value is -4.73. The molecule has 0 aliphatic carbocycles. The van der Waals surface area contributed by atoms with Gasteiger partial charge in [0.15, 0.2) is 6.10 Å². The Labute approximate surface area is 214 Å². The quantitative estimate of drug-likeness (QED) is 0.322. The van der Waals surface area contributed by atoms with Gasteiger partial charge in [-0.2, -0.15) is 0 Å². The second kappa shape index (κ2) is 11.3. The Morgan fingerprint density at radius 2 is 1.35 bits per heavy atom. The number of nitro groups is 1. The highest BCUT2D eigenvalue weighted by Crippen LogP contribution is 2.22. The number of hydrazine groups is 1. The molecule has 0 fully saturated rings. The van der Waals surface area contributed by atoms with Gasteiger partial charge < -0.3 is 10.1 Å². The summed E-state index contributed by atoms with van der Waals surface area (Å²) in [5.41, 5.74) is 6.87. The third-order valence-corrected chi connectivity index (χ3v) is 5.45. The summed E-state index contributed by atoms with van der Waals surface area (Å²) in [6.07, 6.45) is -0.975. The fourth-order valence-electron chi connectivity index (χ4n) is 3.23. The van der Waals surface area contributed by atoms with E-state index in [2.05, 4.69) is 36.9 Å². The molecule has 0 saturated heterocycles. The molecular formula is C27H28N4O6. The van der Waals surface area contributed by atoms with Crippen LogP contribution < -0.4 is 20.9 Å². The monoisotopic (exact) mass is 504 g/mol. The maximum atomic E-state index is 12.5. The molecule has 1 atom stereocenters. The number of benzene rings is 3. The molecule has 3 rings (SSSR count). The van der Waals surface area contributed by atoms with Crippen molar-refractivity contribution >= 4 is 29.1 Å². The van der Waals surface area contributed by atoms with Crippen molar-refractivity contribution in [1.82, 2.24) is 10.9 Å². The SMILES string of the molecule is CC(Oc1ccc([N+](=O)[O-])cc1)C(=O)NNC(=O)c1ccc(NC(=O)c2ccc(C(C)(C)C)cc2)cc1. The summed E-state index contributed by atoms with van der Waals surface area (Å²) < 4.78 is 5.43. The number of anilines is 1. The highest BCUT2D eigenvalue weighted by molar-refractivity contribution is 6.04. The van der Waals surface area contributed by atoms with Crippen LogP contribution >= 0.6 is 0 Å². The molecule has 37 heavy (non-hydrogen) atoms. The highest BCUT2D eigenvalue weighted by atomic mass is 16.6. The third-order valence-electron chi connectivity index (χ3n) is 5.45. The van der Waals surface area contributed by atoms with Gasteiger partial charge in [0, 0.05) is 28.9 Å². The minimum atomic E-state index is -0.975. The molecule has 0 heterocycles. The summed E-state index contributed by atoms with van der Waals surface area (Å²) in [5.74, 6) is -1.19. The largest absolute Gasteiger partial charge is 0.481 e. The number of carbonyl (C=O) groups is 3. The third kappa shape index (κ3) is 7.38. The van der Waals surface area contributed by atoms with Gasteiger partial charge in [0.1, 0.15) is 5.75 Å². The number of nitrogens with one attached hydrogen (secondary N) is 3. The number of amides is 3. The molecule has 0 aromatic heterocycles. The topological polar surface area (TPSA) is 140 Å². The molecule has 0 aliphatic rings. The van der Waals surface area contributed by atoms with Gasteiger partial charge >= 0.3 is 0 Å². The standard InChI is InChI=1S/C27H28N4O6/c1-17(37-23-15-13-22(14-16-23)31(35)36)24(32)29-30-26(34)19-7-11-21(12-8-19)28-25(33)18-5-9-20(10-6-18)27(2,3)4/h5-17H,1-4H3,(H,28,33)(H,29,32)(H,30,34). The average molecular weight is 505 g/mol. The van der Waals surface area contributed by atoms with Gasteiger partial charge in [0.2, 0.25) is 0 Å². The van der Waals surface area contributed by atoms with Gasteiger partial charge in [-0.05, 0) is 66.4 Å². The molecule has 0 spiro atoms. The first-order valence-corrected chi connectivity index (χ1v) is 11.5. The zero-order valence-electron chi connectivity index (χ0n) is 20.9. The summed E-state index contributed by atoms with van der Waals surface area (Å²) in [4.78, 5) is 47.3. The van der Waals surface area contributed by atoms with Crippen LogP contribution in [0.15, 0.2) is 72.8 Å². The number of hydrogen-bond donors (Lipinski definition) is 3. The van der Waals surface area contributed by atoms with Crippen molar-refractivity contribution < 1.29 is 24.0 Å². The molecule has 0 saturated carbocycles. The number of carbonyl (C=O) groups excluding carboxylic acids is 3. The Kier molecular flexibility index (Phi) is 8.23. The van der Waals surface area contributed by atoms with Crippen LogP contribution in [-0.2, 0) is 10.2 Å². The van der Waals surface area contributed by atoms with Crippen molar-refractivity contribution in [3.05, 3.63) is 99.6 Å². The van der Waals surface area contributed by atoms with E-state index in [1.807, 2.05) is 12.1 Å². The molecule has 0 radical (unpaired) electrons. The van der Waals surface area contributed by atoms with E-state index < -0.39 is 22.8 Å². The van der Waals surface area contributed by atoms with E-state index in [9.17, 15) is 24.5 Å². The maximum absolute atomic E-state index is 12.5. The molecule has 10 heteroatoms. The van der Waals surface area contributed by atoms with Crippen LogP contribution in [-0.4, -0.2) is 28.7 Å². The van der Waals surface area contributed by atoms with Crippen LogP contribution in [0.5, 0.6) is 5.75 Å².